The topological polar surface area (TPSA) is 146 Å². The summed E-state index contributed by atoms with van der Waals surface area (Å²) in [6.07, 6.45) is 0. The van der Waals surface area contributed by atoms with Crippen LogP contribution in [0.1, 0.15) is 12.5 Å². The summed E-state index contributed by atoms with van der Waals surface area (Å²) >= 11 is 1.98. The number of hydrogen-bond donors (Lipinski definition) is 5. The molecule has 0 amide bonds. The van der Waals surface area contributed by atoms with Crippen LogP contribution in [0.4, 0.5) is 20.5 Å². The molecule has 0 aliphatic heterocycles. The highest BCUT2D eigenvalue weighted by Gasteiger charge is 2.18. The SMILES string of the molecule is CC(CO)Nc1nc(SCc2cccc(F)c2F)[nH]c(=O)c1Sc1n[nH]c(N)n1. The number of aromatic nitrogens is 5. The minimum atomic E-state index is -0.943. The van der Waals surface area contributed by atoms with Crippen LogP contribution in [-0.4, -0.2) is 42.9 Å². The van der Waals surface area contributed by atoms with E-state index in [0.717, 1.165) is 29.6 Å². The molecule has 2 heterocycles. The molecule has 0 aliphatic carbocycles. The Morgan fingerprint density at radius 3 is 2.83 bits per heavy atom. The van der Waals surface area contributed by atoms with E-state index >= 15 is 0 Å². The molecule has 2 aromatic heterocycles. The zero-order chi connectivity index (χ0) is 21.0. The van der Waals surface area contributed by atoms with E-state index in [1.165, 1.54) is 12.1 Å². The van der Waals surface area contributed by atoms with Gasteiger partial charge in [0.25, 0.3) is 5.56 Å². The number of aromatic amines is 2. The van der Waals surface area contributed by atoms with Crippen molar-refractivity contribution in [2.45, 2.75) is 33.9 Å². The lowest BCUT2D eigenvalue weighted by molar-refractivity contribution is 0.281. The van der Waals surface area contributed by atoms with Crippen LogP contribution in [0.25, 0.3) is 0 Å². The van der Waals surface area contributed by atoms with Gasteiger partial charge in [0, 0.05) is 17.4 Å². The van der Waals surface area contributed by atoms with Gasteiger partial charge in [-0.25, -0.2) is 18.9 Å². The van der Waals surface area contributed by atoms with E-state index in [0.29, 0.717) is 0 Å². The average Bonchev–Trinajstić information content (AvgIpc) is 3.10. The van der Waals surface area contributed by atoms with Crippen molar-refractivity contribution in [2.24, 2.45) is 0 Å². The third-order valence-electron chi connectivity index (χ3n) is 3.58. The van der Waals surface area contributed by atoms with Gasteiger partial charge in [-0.2, -0.15) is 4.98 Å². The zero-order valence-corrected chi connectivity index (χ0v) is 16.7. The number of anilines is 2. The monoisotopic (exact) mass is 441 g/mol. The first kappa shape index (κ1) is 21.1. The number of aliphatic hydroxyl groups is 1. The van der Waals surface area contributed by atoms with Gasteiger partial charge < -0.3 is 21.1 Å². The van der Waals surface area contributed by atoms with Crippen molar-refractivity contribution >= 4 is 35.3 Å². The third-order valence-corrected chi connectivity index (χ3v) is 5.45. The van der Waals surface area contributed by atoms with E-state index in [-0.39, 0.29) is 50.9 Å². The fraction of sp³-hybridized carbons (Fsp3) is 0.250. The predicted octanol–water partition coefficient (Wildman–Crippen LogP) is 1.98. The highest BCUT2D eigenvalue weighted by Crippen LogP contribution is 2.30. The minimum absolute atomic E-state index is 0.0610. The van der Waals surface area contributed by atoms with E-state index in [9.17, 15) is 18.7 Å². The second-order valence-corrected chi connectivity index (χ2v) is 7.83. The number of hydrogen-bond acceptors (Lipinski definition) is 9. The largest absolute Gasteiger partial charge is 0.394 e. The molecule has 1 atom stereocenters. The molecule has 3 aromatic rings. The van der Waals surface area contributed by atoms with Crippen molar-refractivity contribution in [2.75, 3.05) is 17.7 Å². The zero-order valence-electron chi connectivity index (χ0n) is 15.1. The van der Waals surface area contributed by atoms with Gasteiger partial charge in [-0.15, -0.1) is 5.10 Å². The predicted molar refractivity (Wildman–Crippen MR) is 106 cm³/mol. The van der Waals surface area contributed by atoms with Gasteiger partial charge in [0.1, 0.15) is 10.7 Å². The maximum atomic E-state index is 13.8. The van der Waals surface area contributed by atoms with Gasteiger partial charge >= 0.3 is 0 Å². The summed E-state index contributed by atoms with van der Waals surface area (Å²) < 4.78 is 27.2. The molecule has 0 saturated heterocycles. The van der Waals surface area contributed by atoms with Crippen molar-refractivity contribution in [3.05, 3.63) is 45.8 Å². The Hall–Kier alpha value is -2.64. The maximum absolute atomic E-state index is 13.8. The van der Waals surface area contributed by atoms with Crippen LogP contribution >= 0.6 is 23.5 Å². The molecule has 1 aromatic carbocycles. The Bertz CT molecular complexity index is 1060. The van der Waals surface area contributed by atoms with Crippen LogP contribution in [0.2, 0.25) is 0 Å². The van der Waals surface area contributed by atoms with E-state index in [1.807, 2.05) is 0 Å². The number of nitrogen functional groups attached to an aromatic ring is 1. The Morgan fingerprint density at radius 1 is 1.34 bits per heavy atom. The van der Waals surface area contributed by atoms with Crippen LogP contribution in [0.15, 0.2) is 38.2 Å². The van der Waals surface area contributed by atoms with Crippen molar-refractivity contribution in [3.63, 3.8) is 0 Å². The summed E-state index contributed by atoms with van der Waals surface area (Å²) in [4.78, 5) is 23.7. The first-order chi connectivity index (χ1) is 13.9. The molecule has 13 heteroatoms. The van der Waals surface area contributed by atoms with Crippen LogP contribution < -0.4 is 16.6 Å². The van der Waals surface area contributed by atoms with Crippen molar-refractivity contribution < 1.29 is 13.9 Å². The lowest BCUT2D eigenvalue weighted by Crippen LogP contribution is -2.24. The fourth-order valence-electron chi connectivity index (χ4n) is 2.18. The van der Waals surface area contributed by atoms with E-state index in [2.05, 4.69) is 30.5 Å². The molecule has 1 unspecified atom stereocenters. The molecular formula is C16H17F2N7O2S2. The Kier molecular flexibility index (Phi) is 6.71. The summed E-state index contributed by atoms with van der Waals surface area (Å²) in [5, 5.41) is 19.0. The number of thioether (sulfide) groups is 1. The van der Waals surface area contributed by atoms with Gasteiger partial charge in [-0.3, -0.25) is 4.79 Å². The fourth-order valence-corrected chi connectivity index (χ4v) is 3.78. The van der Waals surface area contributed by atoms with Gasteiger partial charge in [-0.1, -0.05) is 23.9 Å². The van der Waals surface area contributed by atoms with Crippen LogP contribution in [0.5, 0.6) is 0 Å². The molecule has 6 N–H and O–H groups in total. The third kappa shape index (κ3) is 5.25. The number of aliphatic hydroxyl groups excluding tert-OH is 1. The molecule has 29 heavy (non-hydrogen) atoms. The van der Waals surface area contributed by atoms with Gasteiger partial charge in [0.2, 0.25) is 11.1 Å². The molecule has 0 saturated carbocycles. The molecule has 3 rings (SSSR count). The van der Waals surface area contributed by atoms with Gasteiger partial charge in [0.05, 0.1) is 6.61 Å². The first-order valence-electron chi connectivity index (χ1n) is 8.30. The minimum Gasteiger partial charge on any atom is -0.394 e. The molecule has 154 valence electrons. The summed E-state index contributed by atoms with van der Waals surface area (Å²) in [5.74, 6) is -1.53. The second kappa shape index (κ2) is 9.24. The summed E-state index contributed by atoms with van der Waals surface area (Å²) in [6.45, 7) is 1.51. The number of halogens is 2. The lowest BCUT2D eigenvalue weighted by Gasteiger charge is -2.15. The number of nitrogens with zero attached hydrogens (tertiary/aromatic N) is 3. The van der Waals surface area contributed by atoms with Crippen LogP contribution in [-0.2, 0) is 5.75 Å². The van der Waals surface area contributed by atoms with E-state index in [1.54, 1.807) is 6.92 Å². The summed E-state index contributed by atoms with van der Waals surface area (Å²) in [7, 11) is 0. The van der Waals surface area contributed by atoms with E-state index in [4.69, 9.17) is 5.73 Å². The Morgan fingerprint density at radius 2 is 2.14 bits per heavy atom. The molecule has 0 fully saturated rings. The first-order valence-corrected chi connectivity index (χ1v) is 10.1. The number of H-pyrrole nitrogens is 2. The maximum Gasteiger partial charge on any atom is 0.267 e. The lowest BCUT2D eigenvalue weighted by atomic mass is 10.2. The molecule has 0 bridgehead atoms. The number of nitrogens with two attached hydrogens (primary N) is 1. The average molecular weight is 441 g/mol. The molecule has 0 aliphatic rings. The van der Waals surface area contributed by atoms with E-state index < -0.39 is 17.2 Å². The number of nitrogens with one attached hydrogen (secondary N) is 3. The van der Waals surface area contributed by atoms with Gasteiger partial charge in [0.15, 0.2) is 16.8 Å². The highest BCUT2D eigenvalue weighted by atomic mass is 32.2. The molecular weight excluding hydrogens is 424 g/mol. The van der Waals surface area contributed by atoms with Gasteiger partial charge in [-0.05, 0) is 24.8 Å². The normalized spacial score (nSPS) is 12.1. The molecule has 0 radical (unpaired) electrons. The molecule has 0 spiro atoms. The smallest absolute Gasteiger partial charge is 0.267 e. The van der Waals surface area contributed by atoms with Crippen molar-refractivity contribution in [1.82, 2.24) is 25.1 Å². The quantitative estimate of drug-likeness (QED) is 0.262. The summed E-state index contributed by atoms with van der Waals surface area (Å²) in [5.41, 5.74) is 5.16. The highest BCUT2D eigenvalue weighted by molar-refractivity contribution is 7.99. The number of benzene rings is 1. The Balaban J connectivity index is 1.88. The van der Waals surface area contributed by atoms with Crippen LogP contribution in [0.3, 0.4) is 0 Å². The molecule has 9 nitrogen and oxygen atoms in total. The van der Waals surface area contributed by atoms with Crippen molar-refractivity contribution in [1.29, 1.82) is 0 Å². The second-order valence-electron chi connectivity index (χ2n) is 5.88. The number of rotatable bonds is 8. The summed E-state index contributed by atoms with van der Waals surface area (Å²) in [6, 6.07) is 3.50. The standard InChI is InChI=1S/C16H17F2N7O2S2/c1-7(5-26)20-12-11(29-16-23-14(19)24-25-16)13(27)22-15(21-12)28-6-8-3-2-4-9(17)10(8)18/h2-4,7,26H,5-6H2,1H3,(H3,19,23,24,25)(H2,20,21,22,27). The van der Waals surface area contributed by atoms with Crippen LogP contribution in [0, 0.1) is 11.6 Å². The van der Waals surface area contributed by atoms with Crippen molar-refractivity contribution in [3.8, 4) is 0 Å². The Labute approximate surface area is 171 Å².